The lowest BCUT2D eigenvalue weighted by Gasteiger charge is -2.35. The number of hydrogen-bond donors (Lipinski definition) is 0. The Morgan fingerprint density at radius 2 is 2.07 bits per heavy atom. The lowest BCUT2D eigenvalue weighted by Crippen LogP contribution is -2.44. The molecule has 1 amide bonds. The molecule has 2 atom stereocenters. The van der Waals surface area contributed by atoms with Gasteiger partial charge in [-0.1, -0.05) is 37.7 Å². The van der Waals surface area contributed by atoms with Crippen molar-refractivity contribution in [1.82, 2.24) is 14.5 Å². The van der Waals surface area contributed by atoms with Crippen LogP contribution in [-0.2, 0) is 4.79 Å². The molecule has 2 aromatic rings. The fourth-order valence-electron chi connectivity index (χ4n) is 3.76. The van der Waals surface area contributed by atoms with Crippen LogP contribution in [0.2, 0.25) is 0 Å². The molecular weight excluding hydrogens is 358 g/mol. The number of piperidine rings is 1. The molecule has 1 saturated heterocycles. The molecule has 1 aromatic carbocycles. The van der Waals surface area contributed by atoms with E-state index in [4.69, 9.17) is 4.98 Å². The maximum absolute atomic E-state index is 13.0. The molecule has 0 unspecified atom stereocenters. The number of amides is 1. The molecule has 146 valence electrons. The van der Waals surface area contributed by atoms with E-state index in [1.54, 1.807) is 4.57 Å². The van der Waals surface area contributed by atoms with Gasteiger partial charge in [0.05, 0.1) is 16.7 Å². The van der Waals surface area contributed by atoms with Crippen LogP contribution >= 0.6 is 11.8 Å². The van der Waals surface area contributed by atoms with Crippen LogP contribution in [0.15, 0.2) is 34.2 Å². The van der Waals surface area contributed by atoms with E-state index >= 15 is 0 Å². The Kier molecular flexibility index (Phi) is 6.58. The largest absolute Gasteiger partial charge is 0.339 e. The average molecular weight is 388 g/mol. The second kappa shape index (κ2) is 8.91. The fourth-order valence-corrected chi connectivity index (χ4v) is 4.74. The van der Waals surface area contributed by atoms with Gasteiger partial charge in [0.15, 0.2) is 5.16 Å². The molecule has 1 aliphatic rings. The molecule has 6 heteroatoms. The van der Waals surface area contributed by atoms with Crippen LogP contribution in [0.4, 0.5) is 0 Å². The van der Waals surface area contributed by atoms with Crippen LogP contribution in [0.3, 0.4) is 0 Å². The summed E-state index contributed by atoms with van der Waals surface area (Å²) in [6, 6.07) is 7.84. The van der Waals surface area contributed by atoms with Crippen molar-refractivity contribution in [3.8, 4) is 0 Å². The number of para-hydroxylation sites is 1. The molecule has 3 rings (SSSR count). The van der Waals surface area contributed by atoms with Crippen molar-refractivity contribution in [1.29, 1.82) is 0 Å². The molecule has 5 nitrogen and oxygen atoms in total. The first-order valence-corrected chi connectivity index (χ1v) is 11.0. The van der Waals surface area contributed by atoms with Gasteiger partial charge in [0.1, 0.15) is 0 Å². The summed E-state index contributed by atoms with van der Waals surface area (Å²) in [5.41, 5.74) is 0.677. The summed E-state index contributed by atoms with van der Waals surface area (Å²) < 4.78 is 1.76. The van der Waals surface area contributed by atoms with E-state index in [1.807, 2.05) is 36.1 Å². The zero-order valence-corrected chi connectivity index (χ0v) is 17.3. The summed E-state index contributed by atoms with van der Waals surface area (Å²) in [5.74, 6) is 0.488. The van der Waals surface area contributed by atoms with E-state index < -0.39 is 0 Å². The summed E-state index contributed by atoms with van der Waals surface area (Å²) in [6.45, 7) is 7.09. The molecule has 1 fully saturated rings. The summed E-state index contributed by atoms with van der Waals surface area (Å²) in [6.07, 6.45) is 5.22. The number of rotatable bonds is 6. The molecule has 0 spiro atoms. The van der Waals surface area contributed by atoms with Crippen molar-refractivity contribution in [2.45, 2.75) is 70.1 Å². The van der Waals surface area contributed by atoms with Gasteiger partial charge in [-0.3, -0.25) is 14.2 Å². The number of hydrogen-bond acceptors (Lipinski definition) is 4. The Morgan fingerprint density at radius 3 is 2.81 bits per heavy atom. The molecule has 0 bridgehead atoms. The van der Waals surface area contributed by atoms with Crippen LogP contribution in [0, 0.1) is 0 Å². The van der Waals surface area contributed by atoms with E-state index in [9.17, 15) is 9.59 Å². The number of carbonyl (C=O) groups excluding carboxylic acids is 1. The smallest absolute Gasteiger partial charge is 0.262 e. The first-order chi connectivity index (χ1) is 13.1. The number of carbonyl (C=O) groups is 1. The summed E-state index contributed by atoms with van der Waals surface area (Å²) in [4.78, 5) is 32.6. The highest BCUT2D eigenvalue weighted by molar-refractivity contribution is 7.99. The van der Waals surface area contributed by atoms with Gasteiger partial charge in [0, 0.05) is 18.6 Å². The molecule has 1 aromatic heterocycles. The normalized spacial score (nSPS) is 18.6. The third-order valence-corrected chi connectivity index (χ3v) is 6.49. The van der Waals surface area contributed by atoms with Gasteiger partial charge >= 0.3 is 0 Å². The standard InChI is InChI=1S/C21H29N3O2S/c1-4-15(3)24-20(26)17-11-6-7-12-18(17)22-21(24)27-14-19(25)23-13-9-8-10-16(23)5-2/h6-7,11-12,15-16H,4-5,8-10,13-14H2,1-3H3/t15-,16-/m0/s1. The first-order valence-electron chi connectivity index (χ1n) is 10.00. The molecular formula is C21H29N3O2S. The third kappa shape index (κ3) is 4.21. The highest BCUT2D eigenvalue weighted by atomic mass is 32.2. The summed E-state index contributed by atoms with van der Waals surface area (Å²) in [7, 11) is 0. The van der Waals surface area contributed by atoms with Gasteiger partial charge in [-0.15, -0.1) is 0 Å². The Labute approximate surface area is 165 Å². The minimum absolute atomic E-state index is 0.0192. The van der Waals surface area contributed by atoms with Gasteiger partial charge < -0.3 is 4.90 Å². The number of likely N-dealkylation sites (tertiary alicyclic amines) is 1. The Balaban J connectivity index is 1.87. The van der Waals surface area contributed by atoms with Crippen molar-refractivity contribution < 1.29 is 4.79 Å². The van der Waals surface area contributed by atoms with Crippen molar-refractivity contribution in [3.05, 3.63) is 34.6 Å². The molecule has 2 heterocycles. The van der Waals surface area contributed by atoms with Gasteiger partial charge in [-0.25, -0.2) is 4.98 Å². The average Bonchev–Trinajstić information content (AvgIpc) is 2.71. The zero-order valence-electron chi connectivity index (χ0n) is 16.5. The molecule has 1 aliphatic heterocycles. The predicted octanol–water partition coefficient (Wildman–Crippen LogP) is 4.25. The van der Waals surface area contributed by atoms with Crippen LogP contribution < -0.4 is 5.56 Å². The fraction of sp³-hybridized carbons (Fsp3) is 0.571. The van der Waals surface area contributed by atoms with E-state index in [2.05, 4.69) is 13.8 Å². The van der Waals surface area contributed by atoms with Gasteiger partial charge in [0.2, 0.25) is 5.91 Å². The number of fused-ring (bicyclic) bond motifs is 1. The van der Waals surface area contributed by atoms with Crippen LogP contribution in [0.1, 0.15) is 58.9 Å². The van der Waals surface area contributed by atoms with Crippen molar-refractivity contribution in [2.24, 2.45) is 0 Å². The topological polar surface area (TPSA) is 55.2 Å². The lowest BCUT2D eigenvalue weighted by molar-refractivity contribution is -0.132. The van der Waals surface area contributed by atoms with Crippen molar-refractivity contribution in [3.63, 3.8) is 0 Å². The lowest BCUT2D eigenvalue weighted by atomic mass is 10.0. The second-order valence-corrected chi connectivity index (χ2v) is 8.22. The van der Waals surface area contributed by atoms with E-state index in [-0.39, 0.29) is 17.5 Å². The number of aromatic nitrogens is 2. The highest BCUT2D eigenvalue weighted by Gasteiger charge is 2.26. The third-order valence-electron chi connectivity index (χ3n) is 5.55. The Morgan fingerprint density at radius 1 is 1.30 bits per heavy atom. The zero-order chi connectivity index (χ0) is 19.4. The number of benzene rings is 1. The first kappa shape index (κ1) is 19.9. The number of thioether (sulfide) groups is 1. The molecule has 0 saturated carbocycles. The quantitative estimate of drug-likeness (QED) is 0.549. The van der Waals surface area contributed by atoms with Gasteiger partial charge in [-0.05, 0) is 51.2 Å². The maximum Gasteiger partial charge on any atom is 0.262 e. The minimum Gasteiger partial charge on any atom is -0.339 e. The van der Waals surface area contributed by atoms with E-state index in [0.29, 0.717) is 27.9 Å². The van der Waals surface area contributed by atoms with Crippen LogP contribution in [-0.4, -0.2) is 38.7 Å². The number of nitrogens with zero attached hydrogens (tertiary/aromatic N) is 3. The SMILES string of the molecule is CC[C@H]1CCCCN1C(=O)CSc1nc2ccccc2c(=O)n1[C@@H](C)CC. The maximum atomic E-state index is 13.0. The Bertz CT molecular complexity index is 864. The molecule has 0 N–H and O–H groups in total. The molecule has 0 aliphatic carbocycles. The molecule has 0 radical (unpaired) electrons. The van der Waals surface area contributed by atoms with Crippen molar-refractivity contribution in [2.75, 3.05) is 12.3 Å². The summed E-state index contributed by atoms with van der Waals surface area (Å²) >= 11 is 1.39. The van der Waals surface area contributed by atoms with E-state index in [1.165, 1.54) is 18.2 Å². The molecule has 27 heavy (non-hydrogen) atoms. The van der Waals surface area contributed by atoms with Crippen LogP contribution in [0.25, 0.3) is 10.9 Å². The van der Waals surface area contributed by atoms with Crippen molar-refractivity contribution >= 4 is 28.6 Å². The van der Waals surface area contributed by atoms with Gasteiger partial charge in [0.25, 0.3) is 5.56 Å². The Hall–Kier alpha value is -1.82. The van der Waals surface area contributed by atoms with E-state index in [0.717, 1.165) is 32.2 Å². The minimum atomic E-state index is -0.0192. The predicted molar refractivity (Wildman–Crippen MR) is 111 cm³/mol. The highest BCUT2D eigenvalue weighted by Crippen LogP contribution is 2.25. The van der Waals surface area contributed by atoms with Crippen LogP contribution in [0.5, 0.6) is 0 Å². The van der Waals surface area contributed by atoms with Gasteiger partial charge in [-0.2, -0.15) is 0 Å². The second-order valence-electron chi connectivity index (χ2n) is 7.28. The summed E-state index contributed by atoms with van der Waals surface area (Å²) in [5, 5.41) is 1.28. The monoisotopic (exact) mass is 387 g/mol.